The summed E-state index contributed by atoms with van der Waals surface area (Å²) in [5.74, 6) is 0. The van der Waals surface area contributed by atoms with E-state index in [0.717, 1.165) is 19.3 Å². The molecule has 1 aliphatic rings. The van der Waals surface area contributed by atoms with Crippen molar-refractivity contribution in [2.75, 3.05) is 19.6 Å². The van der Waals surface area contributed by atoms with Gasteiger partial charge < -0.3 is 5.73 Å². The largest absolute Gasteiger partial charge is 0.401 e. The lowest BCUT2D eigenvalue weighted by Gasteiger charge is -2.23. The summed E-state index contributed by atoms with van der Waals surface area (Å²) < 4.78 is 36.1. The van der Waals surface area contributed by atoms with Crippen molar-refractivity contribution >= 4 is 0 Å². The Morgan fingerprint density at radius 3 is 2.62 bits per heavy atom. The molecule has 0 saturated carbocycles. The molecule has 0 amide bonds. The standard InChI is InChI=1S/C8H15F3N2/c9-8(10,11)6-13-4-2-1-3-7(12)5-13/h7H,1-6,12H2. The molecule has 0 aliphatic carbocycles. The Labute approximate surface area is 75.9 Å². The number of rotatable bonds is 1. The van der Waals surface area contributed by atoms with Gasteiger partial charge in [-0.25, -0.2) is 0 Å². The SMILES string of the molecule is NC1CCCCN(CC(F)(F)F)C1. The molecule has 13 heavy (non-hydrogen) atoms. The summed E-state index contributed by atoms with van der Waals surface area (Å²) in [5.41, 5.74) is 5.63. The minimum Gasteiger partial charge on any atom is -0.327 e. The lowest BCUT2D eigenvalue weighted by molar-refractivity contribution is -0.145. The van der Waals surface area contributed by atoms with Crippen molar-refractivity contribution < 1.29 is 13.2 Å². The van der Waals surface area contributed by atoms with Crippen molar-refractivity contribution in [1.29, 1.82) is 0 Å². The minimum atomic E-state index is -4.09. The number of hydrogen-bond donors (Lipinski definition) is 1. The maximum atomic E-state index is 12.0. The van der Waals surface area contributed by atoms with Gasteiger partial charge in [-0.05, 0) is 19.4 Å². The second-order valence-electron chi connectivity index (χ2n) is 3.61. The maximum absolute atomic E-state index is 12.0. The first-order chi connectivity index (χ1) is 5.97. The summed E-state index contributed by atoms with van der Waals surface area (Å²) in [6.07, 6.45) is -1.49. The van der Waals surface area contributed by atoms with E-state index in [1.54, 1.807) is 0 Å². The van der Waals surface area contributed by atoms with Crippen LogP contribution in [-0.2, 0) is 0 Å². The molecule has 1 heterocycles. The highest BCUT2D eigenvalue weighted by atomic mass is 19.4. The van der Waals surface area contributed by atoms with Crippen LogP contribution in [0.1, 0.15) is 19.3 Å². The first-order valence-electron chi connectivity index (χ1n) is 4.52. The molecular formula is C8H15F3N2. The first-order valence-corrected chi connectivity index (χ1v) is 4.52. The quantitative estimate of drug-likeness (QED) is 0.686. The summed E-state index contributed by atoms with van der Waals surface area (Å²) in [6, 6.07) is -0.0927. The molecule has 0 spiro atoms. The summed E-state index contributed by atoms with van der Waals surface area (Å²) in [5, 5.41) is 0. The van der Waals surface area contributed by atoms with Crippen molar-refractivity contribution in [3.63, 3.8) is 0 Å². The van der Waals surface area contributed by atoms with Crippen LogP contribution in [0.3, 0.4) is 0 Å². The number of alkyl halides is 3. The zero-order valence-electron chi connectivity index (χ0n) is 7.48. The molecule has 1 fully saturated rings. The lowest BCUT2D eigenvalue weighted by atomic mass is 10.2. The van der Waals surface area contributed by atoms with Gasteiger partial charge in [-0.15, -0.1) is 0 Å². The van der Waals surface area contributed by atoms with Crippen molar-refractivity contribution in [3.05, 3.63) is 0 Å². The van der Waals surface area contributed by atoms with Gasteiger partial charge in [-0.3, -0.25) is 4.90 Å². The van der Waals surface area contributed by atoms with Crippen molar-refractivity contribution in [3.8, 4) is 0 Å². The molecule has 0 aromatic heterocycles. The molecule has 0 aromatic rings. The molecular weight excluding hydrogens is 181 g/mol. The third-order valence-corrected chi connectivity index (χ3v) is 2.19. The Morgan fingerprint density at radius 1 is 1.31 bits per heavy atom. The smallest absolute Gasteiger partial charge is 0.327 e. The number of hydrogen-bond acceptors (Lipinski definition) is 2. The topological polar surface area (TPSA) is 29.3 Å². The molecule has 2 N–H and O–H groups in total. The molecule has 0 aromatic carbocycles. The van der Waals surface area contributed by atoms with Crippen molar-refractivity contribution in [2.45, 2.75) is 31.5 Å². The van der Waals surface area contributed by atoms with Crippen LogP contribution in [0.15, 0.2) is 0 Å². The summed E-state index contributed by atoms with van der Waals surface area (Å²) in [4.78, 5) is 1.40. The van der Waals surface area contributed by atoms with E-state index in [1.165, 1.54) is 4.90 Å². The Morgan fingerprint density at radius 2 is 2.00 bits per heavy atom. The van der Waals surface area contributed by atoms with Crippen LogP contribution in [0.25, 0.3) is 0 Å². The monoisotopic (exact) mass is 196 g/mol. The van der Waals surface area contributed by atoms with Crippen LogP contribution in [-0.4, -0.2) is 36.8 Å². The highest BCUT2D eigenvalue weighted by molar-refractivity contribution is 4.74. The second-order valence-corrected chi connectivity index (χ2v) is 3.61. The van der Waals surface area contributed by atoms with E-state index < -0.39 is 12.7 Å². The number of nitrogens with two attached hydrogens (primary N) is 1. The molecule has 1 aliphatic heterocycles. The molecule has 1 saturated heterocycles. The third-order valence-electron chi connectivity index (χ3n) is 2.19. The third kappa shape index (κ3) is 4.47. The highest BCUT2D eigenvalue weighted by Crippen LogP contribution is 2.18. The summed E-state index contributed by atoms with van der Waals surface area (Å²) >= 11 is 0. The average Bonchev–Trinajstić information content (AvgIpc) is 2.10. The van der Waals surface area contributed by atoms with Gasteiger partial charge in [0.05, 0.1) is 6.54 Å². The van der Waals surface area contributed by atoms with Gasteiger partial charge in [0.15, 0.2) is 0 Å². The Kier molecular flexibility index (Phi) is 3.55. The van der Waals surface area contributed by atoms with Crippen molar-refractivity contribution in [2.24, 2.45) is 5.73 Å². The predicted octanol–water partition coefficient (Wildman–Crippen LogP) is 1.36. The van der Waals surface area contributed by atoms with E-state index >= 15 is 0 Å². The fourth-order valence-corrected chi connectivity index (χ4v) is 1.65. The fourth-order valence-electron chi connectivity index (χ4n) is 1.65. The molecule has 0 bridgehead atoms. The van der Waals surface area contributed by atoms with Gasteiger partial charge in [0.25, 0.3) is 0 Å². The van der Waals surface area contributed by atoms with Crippen LogP contribution in [0.2, 0.25) is 0 Å². The van der Waals surface area contributed by atoms with Crippen LogP contribution in [0.4, 0.5) is 13.2 Å². The predicted molar refractivity (Wildman–Crippen MR) is 44.3 cm³/mol. The summed E-state index contributed by atoms with van der Waals surface area (Å²) in [7, 11) is 0. The molecule has 1 unspecified atom stereocenters. The Balaban J connectivity index is 2.39. The van der Waals surface area contributed by atoms with E-state index in [-0.39, 0.29) is 6.04 Å². The molecule has 1 atom stereocenters. The maximum Gasteiger partial charge on any atom is 0.401 e. The Hall–Kier alpha value is -0.290. The minimum absolute atomic E-state index is 0.0927. The van der Waals surface area contributed by atoms with E-state index in [0.29, 0.717) is 13.1 Å². The molecule has 2 nitrogen and oxygen atoms in total. The highest BCUT2D eigenvalue weighted by Gasteiger charge is 2.31. The number of halogens is 3. The van der Waals surface area contributed by atoms with Gasteiger partial charge in [0, 0.05) is 12.6 Å². The van der Waals surface area contributed by atoms with E-state index in [1.807, 2.05) is 0 Å². The zero-order chi connectivity index (χ0) is 9.90. The molecule has 78 valence electrons. The molecule has 5 heteroatoms. The average molecular weight is 196 g/mol. The molecule has 0 radical (unpaired) electrons. The van der Waals surface area contributed by atoms with Gasteiger partial charge >= 0.3 is 6.18 Å². The van der Waals surface area contributed by atoms with Gasteiger partial charge in [-0.1, -0.05) is 6.42 Å². The van der Waals surface area contributed by atoms with Gasteiger partial charge in [0.2, 0.25) is 0 Å². The van der Waals surface area contributed by atoms with E-state index in [4.69, 9.17) is 5.73 Å². The van der Waals surface area contributed by atoms with Crippen LogP contribution in [0, 0.1) is 0 Å². The number of likely N-dealkylation sites (tertiary alicyclic amines) is 1. The second kappa shape index (κ2) is 4.28. The number of nitrogens with zero attached hydrogens (tertiary/aromatic N) is 1. The Bertz CT molecular complexity index is 158. The normalized spacial score (nSPS) is 27.2. The van der Waals surface area contributed by atoms with Gasteiger partial charge in [-0.2, -0.15) is 13.2 Å². The van der Waals surface area contributed by atoms with E-state index in [2.05, 4.69) is 0 Å². The summed E-state index contributed by atoms with van der Waals surface area (Å²) in [6.45, 7) is 0.0768. The van der Waals surface area contributed by atoms with E-state index in [9.17, 15) is 13.2 Å². The van der Waals surface area contributed by atoms with Crippen molar-refractivity contribution in [1.82, 2.24) is 4.90 Å². The first kappa shape index (κ1) is 10.8. The lowest BCUT2D eigenvalue weighted by Crippen LogP contribution is -2.41. The van der Waals surface area contributed by atoms with Crippen LogP contribution >= 0.6 is 0 Å². The van der Waals surface area contributed by atoms with Crippen LogP contribution < -0.4 is 5.73 Å². The van der Waals surface area contributed by atoms with Crippen LogP contribution in [0.5, 0.6) is 0 Å². The zero-order valence-corrected chi connectivity index (χ0v) is 7.48. The molecule has 1 rings (SSSR count). The van der Waals surface area contributed by atoms with Gasteiger partial charge in [0.1, 0.15) is 0 Å². The fraction of sp³-hybridized carbons (Fsp3) is 1.00.